The molecule has 0 radical (unpaired) electrons. The smallest absolute Gasteiger partial charge is 0.374 e. The minimum Gasteiger partial charge on any atom is -0.374 e. The number of benzene rings is 1. The molecule has 0 fully saturated rings. The molecule has 1 aromatic heterocycles. The topological polar surface area (TPSA) is 67.4 Å². The van der Waals surface area contributed by atoms with Crippen molar-refractivity contribution in [2.24, 2.45) is 0 Å². The van der Waals surface area contributed by atoms with Crippen LogP contribution in [0.4, 0.5) is 18.9 Å². The first-order valence-electron chi connectivity index (χ1n) is 7.25. The number of nitrogens with one attached hydrogen (secondary N) is 2. The van der Waals surface area contributed by atoms with Gasteiger partial charge >= 0.3 is 18.0 Å². The number of amides is 2. The van der Waals surface area contributed by atoms with E-state index >= 15 is 0 Å². The monoisotopic (exact) mass is 406 g/mol. The second kappa shape index (κ2) is 8.52. The molecule has 0 saturated heterocycles. The molecule has 2 amide bonds. The van der Waals surface area contributed by atoms with E-state index in [2.05, 4.69) is 5.32 Å². The number of alkyl halides is 3. The van der Waals surface area contributed by atoms with Gasteiger partial charge in [0.15, 0.2) is 0 Å². The first-order valence-corrected chi connectivity index (χ1v) is 8.45. The summed E-state index contributed by atoms with van der Waals surface area (Å²) in [6, 6.07) is 7.77. The third-order valence-corrected chi connectivity index (χ3v) is 4.65. The Morgan fingerprint density at radius 2 is 1.88 bits per heavy atom. The number of carbonyl (C=O) groups is 2. The largest absolute Gasteiger partial charge is 0.418 e. The summed E-state index contributed by atoms with van der Waals surface area (Å²) in [6.07, 6.45) is -5.19. The lowest BCUT2D eigenvalue weighted by molar-refractivity contribution is -0.138. The summed E-state index contributed by atoms with van der Waals surface area (Å²) < 4.78 is 44.5. The van der Waals surface area contributed by atoms with Crippen LogP contribution in [0.3, 0.4) is 0 Å². The van der Waals surface area contributed by atoms with E-state index in [4.69, 9.17) is 16.3 Å². The van der Waals surface area contributed by atoms with Gasteiger partial charge < -0.3 is 15.4 Å². The number of thiophene rings is 1. The first kappa shape index (κ1) is 20.2. The second-order valence-electron chi connectivity index (χ2n) is 5.07. The highest BCUT2D eigenvalue weighted by atomic mass is 35.5. The van der Waals surface area contributed by atoms with E-state index in [1.807, 2.05) is 5.32 Å². The van der Waals surface area contributed by atoms with E-state index in [1.54, 1.807) is 12.1 Å². The van der Waals surface area contributed by atoms with Crippen molar-refractivity contribution in [3.8, 4) is 0 Å². The highest BCUT2D eigenvalue weighted by Gasteiger charge is 2.34. The number of carbonyl (C=O) groups excluding carboxylic acids is 2. The van der Waals surface area contributed by atoms with Crippen LogP contribution in [0.1, 0.15) is 16.5 Å². The zero-order chi connectivity index (χ0) is 19.3. The van der Waals surface area contributed by atoms with Crippen molar-refractivity contribution < 1.29 is 27.5 Å². The minimum atomic E-state index is -4.65. The van der Waals surface area contributed by atoms with Crippen LogP contribution in [-0.2, 0) is 20.5 Å². The van der Waals surface area contributed by atoms with Crippen molar-refractivity contribution in [3.63, 3.8) is 0 Å². The molecule has 1 heterocycles. The Balaban J connectivity index is 1.99. The first-order chi connectivity index (χ1) is 12.2. The standard InChI is InChI=1S/C16H14ClF3N2O3S/c1-25-11(12-6-7-13(17)26-12)8-21-14(23)15(24)22-10-5-3-2-4-9(10)16(18,19)20/h2-7,11H,8H2,1H3,(H,21,23)(H,22,24)/t11-/m1/s1. The molecule has 2 N–H and O–H groups in total. The zero-order valence-corrected chi connectivity index (χ0v) is 15.0. The number of anilines is 1. The van der Waals surface area contributed by atoms with E-state index in [9.17, 15) is 22.8 Å². The SMILES string of the molecule is CO[C@H](CNC(=O)C(=O)Nc1ccccc1C(F)(F)F)c1ccc(Cl)s1. The van der Waals surface area contributed by atoms with Crippen molar-refractivity contribution in [2.45, 2.75) is 12.3 Å². The Bertz CT molecular complexity index is 795. The molecule has 2 aromatic rings. The molecule has 0 aliphatic rings. The Morgan fingerprint density at radius 1 is 1.19 bits per heavy atom. The lowest BCUT2D eigenvalue weighted by atomic mass is 10.1. The van der Waals surface area contributed by atoms with Crippen molar-refractivity contribution in [1.29, 1.82) is 0 Å². The normalized spacial score (nSPS) is 12.5. The number of ether oxygens (including phenoxy) is 1. The molecule has 0 unspecified atom stereocenters. The third kappa shape index (κ3) is 5.20. The van der Waals surface area contributed by atoms with Crippen molar-refractivity contribution in [3.05, 3.63) is 51.2 Å². The summed E-state index contributed by atoms with van der Waals surface area (Å²) in [5.41, 5.74) is -1.53. The van der Waals surface area contributed by atoms with Gasteiger partial charge in [0.2, 0.25) is 0 Å². The Hall–Kier alpha value is -2.10. The molecular weight excluding hydrogens is 393 g/mol. The Morgan fingerprint density at radius 3 is 2.46 bits per heavy atom. The minimum absolute atomic E-state index is 0.0412. The molecule has 5 nitrogen and oxygen atoms in total. The summed E-state index contributed by atoms with van der Waals surface area (Å²) in [5.74, 6) is -2.28. The highest BCUT2D eigenvalue weighted by Crippen LogP contribution is 2.34. The molecule has 2 rings (SSSR count). The van der Waals surface area contributed by atoms with E-state index in [-0.39, 0.29) is 6.54 Å². The number of para-hydroxylation sites is 1. The number of rotatable bonds is 5. The van der Waals surface area contributed by atoms with E-state index < -0.39 is 35.3 Å². The van der Waals surface area contributed by atoms with Gasteiger partial charge in [0, 0.05) is 18.5 Å². The molecule has 0 bridgehead atoms. The maximum atomic E-state index is 12.9. The molecular formula is C16H14ClF3N2O3S. The summed E-state index contributed by atoms with van der Waals surface area (Å²) in [4.78, 5) is 24.5. The van der Waals surface area contributed by atoms with E-state index in [0.29, 0.717) is 4.34 Å². The summed E-state index contributed by atoms with van der Waals surface area (Å²) in [5, 5.41) is 4.30. The van der Waals surface area contributed by atoms with Gasteiger partial charge in [-0.3, -0.25) is 9.59 Å². The van der Waals surface area contributed by atoms with Crippen molar-refractivity contribution >= 4 is 40.4 Å². The zero-order valence-electron chi connectivity index (χ0n) is 13.4. The lowest BCUT2D eigenvalue weighted by Gasteiger charge is -2.15. The average Bonchev–Trinajstić information content (AvgIpc) is 3.01. The number of hydrogen-bond acceptors (Lipinski definition) is 4. The van der Waals surface area contributed by atoms with Crippen LogP contribution < -0.4 is 10.6 Å². The lowest BCUT2D eigenvalue weighted by Crippen LogP contribution is -2.38. The molecule has 0 aliphatic carbocycles. The van der Waals surface area contributed by atoms with Gasteiger partial charge in [0.1, 0.15) is 6.10 Å². The number of methoxy groups -OCH3 is 1. The Labute approximate surface area is 156 Å². The van der Waals surface area contributed by atoms with Gasteiger partial charge in [-0.1, -0.05) is 23.7 Å². The summed E-state index contributed by atoms with van der Waals surface area (Å²) in [6.45, 7) is -0.0412. The predicted octanol–water partition coefficient (Wildman–Crippen LogP) is 3.86. The van der Waals surface area contributed by atoms with E-state index in [0.717, 1.165) is 17.0 Å². The molecule has 0 spiro atoms. The number of halogens is 4. The van der Waals surface area contributed by atoms with Crippen LogP contribution in [0.2, 0.25) is 4.34 Å². The Kier molecular flexibility index (Phi) is 6.63. The van der Waals surface area contributed by atoms with Crippen LogP contribution in [0, 0.1) is 0 Å². The summed E-state index contributed by atoms with van der Waals surface area (Å²) >= 11 is 7.09. The highest BCUT2D eigenvalue weighted by molar-refractivity contribution is 7.16. The predicted molar refractivity (Wildman–Crippen MR) is 92.2 cm³/mol. The van der Waals surface area contributed by atoms with Crippen LogP contribution >= 0.6 is 22.9 Å². The molecule has 26 heavy (non-hydrogen) atoms. The number of hydrogen-bond donors (Lipinski definition) is 2. The fourth-order valence-electron chi connectivity index (χ4n) is 2.09. The second-order valence-corrected chi connectivity index (χ2v) is 6.82. The molecule has 10 heteroatoms. The van der Waals surface area contributed by atoms with Gasteiger partial charge in [0.05, 0.1) is 15.6 Å². The van der Waals surface area contributed by atoms with Crippen LogP contribution in [-0.4, -0.2) is 25.5 Å². The maximum Gasteiger partial charge on any atom is 0.418 e. The maximum absolute atomic E-state index is 12.9. The fraction of sp³-hybridized carbons (Fsp3) is 0.250. The van der Waals surface area contributed by atoms with Crippen molar-refractivity contribution in [1.82, 2.24) is 5.32 Å². The van der Waals surface area contributed by atoms with Crippen LogP contribution in [0.15, 0.2) is 36.4 Å². The van der Waals surface area contributed by atoms with Gasteiger partial charge in [-0.15, -0.1) is 11.3 Å². The molecule has 1 atom stereocenters. The van der Waals surface area contributed by atoms with Gasteiger partial charge in [-0.05, 0) is 24.3 Å². The molecule has 140 valence electrons. The van der Waals surface area contributed by atoms with Crippen LogP contribution in [0.5, 0.6) is 0 Å². The molecule has 1 aromatic carbocycles. The fourth-order valence-corrected chi connectivity index (χ4v) is 3.22. The third-order valence-electron chi connectivity index (χ3n) is 3.33. The van der Waals surface area contributed by atoms with Gasteiger partial charge in [0.25, 0.3) is 0 Å². The molecule has 0 saturated carbocycles. The average molecular weight is 407 g/mol. The van der Waals surface area contributed by atoms with E-state index in [1.165, 1.54) is 30.6 Å². The van der Waals surface area contributed by atoms with Gasteiger partial charge in [-0.2, -0.15) is 13.2 Å². The van der Waals surface area contributed by atoms with Crippen molar-refractivity contribution in [2.75, 3.05) is 19.0 Å². The quantitative estimate of drug-likeness (QED) is 0.741. The van der Waals surface area contributed by atoms with Gasteiger partial charge in [-0.25, -0.2) is 0 Å². The molecule has 0 aliphatic heterocycles. The van der Waals surface area contributed by atoms with Crippen LogP contribution in [0.25, 0.3) is 0 Å². The summed E-state index contributed by atoms with van der Waals surface area (Å²) in [7, 11) is 1.42.